The quantitative estimate of drug-likeness (QED) is 0.685. The van der Waals surface area contributed by atoms with Crippen LogP contribution in [0.5, 0.6) is 0 Å². The molecule has 4 heterocycles. The van der Waals surface area contributed by atoms with E-state index in [2.05, 4.69) is 19.9 Å². The predicted molar refractivity (Wildman–Crippen MR) is 106 cm³/mol. The number of rotatable bonds is 1. The molecule has 0 atom stereocenters. The molecule has 1 aromatic rings. The van der Waals surface area contributed by atoms with Crippen LogP contribution in [0.1, 0.15) is 51.4 Å². The molecule has 0 N–H and O–H groups in total. The van der Waals surface area contributed by atoms with Gasteiger partial charge in [-0.25, -0.2) is 15.0 Å². The van der Waals surface area contributed by atoms with Gasteiger partial charge < -0.3 is 14.5 Å². The number of aliphatic imine (C=N–C) groups is 1. The summed E-state index contributed by atoms with van der Waals surface area (Å²) in [7, 11) is 0. The van der Waals surface area contributed by atoms with Crippen molar-refractivity contribution in [3.05, 3.63) is 18.5 Å². The summed E-state index contributed by atoms with van der Waals surface area (Å²) < 4.78 is 1.35. The number of nitrogens with zero attached hydrogens (tertiary/aromatic N) is 5. The highest BCUT2D eigenvalue weighted by Gasteiger charge is 2.38. The van der Waals surface area contributed by atoms with Gasteiger partial charge in [0.2, 0.25) is 11.9 Å². The van der Waals surface area contributed by atoms with Crippen LogP contribution in [0.3, 0.4) is 0 Å². The predicted octanol–water partition coefficient (Wildman–Crippen LogP) is 1.53. The monoisotopic (exact) mass is 385 g/mol. The zero-order valence-corrected chi connectivity index (χ0v) is 16.7. The van der Waals surface area contributed by atoms with Gasteiger partial charge in [0.05, 0.1) is 39.3 Å². The maximum absolute atomic E-state index is 11.0. The van der Waals surface area contributed by atoms with Crippen molar-refractivity contribution in [3.8, 4) is 0 Å². The average Bonchev–Trinajstić information content (AvgIpc) is 3.33. The Morgan fingerprint density at radius 1 is 0.929 bits per heavy atom. The minimum Gasteiger partial charge on any atom is -0.862 e. The second-order valence-electron chi connectivity index (χ2n) is 8.94. The first-order chi connectivity index (χ1) is 13.6. The number of hydrogen-bond acceptors (Lipinski definition) is 5. The topological polar surface area (TPSA) is 81.5 Å². The molecular formula is C21H31N5O2. The number of amides is 1. The van der Waals surface area contributed by atoms with Gasteiger partial charge >= 0.3 is 0 Å². The van der Waals surface area contributed by atoms with Crippen LogP contribution in [0.4, 0.5) is 5.95 Å². The first-order valence-corrected chi connectivity index (χ1v) is 10.7. The van der Waals surface area contributed by atoms with Crippen molar-refractivity contribution in [3.63, 3.8) is 0 Å². The average molecular weight is 386 g/mol. The Morgan fingerprint density at radius 3 is 2.18 bits per heavy atom. The van der Waals surface area contributed by atoms with E-state index in [0.717, 1.165) is 31.9 Å². The van der Waals surface area contributed by atoms with Crippen LogP contribution in [-0.2, 0) is 4.79 Å². The van der Waals surface area contributed by atoms with E-state index in [1.807, 2.05) is 18.5 Å². The van der Waals surface area contributed by atoms with Crippen molar-refractivity contribution in [1.82, 2.24) is 9.97 Å². The van der Waals surface area contributed by atoms with Gasteiger partial charge in [-0.2, -0.15) is 0 Å². The van der Waals surface area contributed by atoms with Crippen LogP contribution in [0.25, 0.3) is 0 Å². The summed E-state index contributed by atoms with van der Waals surface area (Å²) in [5.74, 6) is 0.501. The van der Waals surface area contributed by atoms with Crippen molar-refractivity contribution < 1.29 is 14.4 Å². The van der Waals surface area contributed by atoms with Crippen molar-refractivity contribution in [1.29, 1.82) is 0 Å². The molecule has 28 heavy (non-hydrogen) atoms. The first kappa shape index (κ1) is 19.3. The van der Waals surface area contributed by atoms with E-state index in [1.165, 1.54) is 56.3 Å². The maximum atomic E-state index is 11.0. The molecule has 4 aliphatic rings. The highest BCUT2D eigenvalue weighted by atomic mass is 16.3. The largest absolute Gasteiger partial charge is 0.862 e. The number of piperazine rings is 1. The molecule has 3 fully saturated rings. The number of quaternary nitrogens is 1. The summed E-state index contributed by atoms with van der Waals surface area (Å²) in [5.41, 5.74) is 0.0237. The van der Waals surface area contributed by atoms with Gasteiger partial charge in [-0.15, -0.1) is 0 Å². The minimum atomic E-state index is -0.201. The molecule has 7 nitrogen and oxygen atoms in total. The second-order valence-corrected chi connectivity index (χ2v) is 8.94. The SMILES string of the molecule is O=C1CC2(CCCC2)CC([O-])=N1.c1cnc(N2CC[N+]3(CCCC3)CC2)nc1. The van der Waals surface area contributed by atoms with E-state index in [1.54, 1.807) is 0 Å². The Bertz CT molecular complexity index is 699. The number of carbonyl (C=O) groups excluding carboxylic acids is 1. The van der Waals surface area contributed by atoms with E-state index in [4.69, 9.17) is 0 Å². The Kier molecular flexibility index (Phi) is 5.62. The fraction of sp³-hybridized carbons (Fsp3) is 0.714. The van der Waals surface area contributed by atoms with Crippen LogP contribution < -0.4 is 10.0 Å². The van der Waals surface area contributed by atoms with Gasteiger partial charge in [0.1, 0.15) is 0 Å². The van der Waals surface area contributed by atoms with Gasteiger partial charge in [-0.05, 0) is 36.6 Å². The molecule has 1 aliphatic carbocycles. The van der Waals surface area contributed by atoms with E-state index >= 15 is 0 Å². The first-order valence-electron chi connectivity index (χ1n) is 10.7. The minimum absolute atomic E-state index is 0.0237. The third-order valence-electron chi connectivity index (χ3n) is 7.00. The molecule has 7 heteroatoms. The molecule has 0 aromatic carbocycles. The van der Waals surface area contributed by atoms with E-state index in [9.17, 15) is 9.90 Å². The lowest BCUT2D eigenvalue weighted by atomic mass is 9.78. The highest BCUT2D eigenvalue weighted by Crippen LogP contribution is 2.45. The number of aromatic nitrogens is 2. The zero-order chi connectivity index (χ0) is 19.5. The van der Waals surface area contributed by atoms with Gasteiger partial charge in [0.15, 0.2) is 0 Å². The lowest BCUT2D eigenvalue weighted by molar-refractivity contribution is -0.917. The fourth-order valence-electron chi connectivity index (χ4n) is 5.40. The highest BCUT2D eigenvalue weighted by molar-refractivity contribution is 5.93. The molecule has 1 saturated carbocycles. The fourth-order valence-corrected chi connectivity index (χ4v) is 5.40. The molecule has 152 valence electrons. The lowest BCUT2D eigenvalue weighted by Gasteiger charge is -2.41. The molecule has 1 amide bonds. The normalized spacial score (nSPS) is 25.5. The van der Waals surface area contributed by atoms with E-state index in [-0.39, 0.29) is 17.2 Å². The van der Waals surface area contributed by atoms with Crippen molar-refractivity contribution >= 4 is 17.8 Å². The Labute approximate surface area is 167 Å². The number of hydrogen-bond donors (Lipinski definition) is 0. The van der Waals surface area contributed by atoms with Gasteiger partial charge in [-0.3, -0.25) is 4.79 Å². The van der Waals surface area contributed by atoms with Gasteiger partial charge in [-0.1, -0.05) is 12.8 Å². The van der Waals surface area contributed by atoms with Crippen molar-refractivity contribution in [2.24, 2.45) is 10.4 Å². The number of anilines is 1. The molecule has 0 unspecified atom stereocenters. The van der Waals surface area contributed by atoms with Crippen LogP contribution >= 0.6 is 0 Å². The second kappa shape index (κ2) is 8.15. The Morgan fingerprint density at radius 2 is 1.57 bits per heavy atom. The van der Waals surface area contributed by atoms with Crippen molar-refractivity contribution in [2.45, 2.75) is 51.4 Å². The van der Waals surface area contributed by atoms with Crippen LogP contribution in [0.15, 0.2) is 23.5 Å². The molecule has 2 saturated heterocycles. The van der Waals surface area contributed by atoms with Gasteiger partial charge in [0.25, 0.3) is 0 Å². The summed E-state index contributed by atoms with van der Waals surface area (Å²) in [6.45, 7) is 7.57. The van der Waals surface area contributed by atoms with E-state index < -0.39 is 0 Å². The summed E-state index contributed by atoms with van der Waals surface area (Å²) in [4.78, 5) is 25.4. The number of carbonyl (C=O) groups is 1. The van der Waals surface area contributed by atoms with Crippen LogP contribution in [-0.4, -0.2) is 65.5 Å². The smallest absolute Gasteiger partial charge is 0.245 e. The Hall–Kier alpha value is -2.02. The Balaban J connectivity index is 0.000000143. The van der Waals surface area contributed by atoms with Crippen LogP contribution in [0.2, 0.25) is 0 Å². The molecule has 1 aromatic heterocycles. The summed E-state index contributed by atoms with van der Waals surface area (Å²) in [6, 6.07) is 1.88. The summed E-state index contributed by atoms with van der Waals surface area (Å²) >= 11 is 0. The molecule has 5 rings (SSSR count). The summed E-state index contributed by atoms with van der Waals surface area (Å²) in [5, 5.41) is 11.0. The third kappa shape index (κ3) is 4.35. The molecule has 2 spiro atoms. The molecular weight excluding hydrogens is 354 g/mol. The molecule has 3 aliphatic heterocycles. The third-order valence-corrected chi connectivity index (χ3v) is 7.00. The summed E-state index contributed by atoms with van der Waals surface area (Å²) in [6.07, 6.45) is 11.9. The van der Waals surface area contributed by atoms with Crippen molar-refractivity contribution in [2.75, 3.05) is 44.2 Å². The van der Waals surface area contributed by atoms with E-state index in [0.29, 0.717) is 12.8 Å². The zero-order valence-electron chi connectivity index (χ0n) is 16.7. The van der Waals surface area contributed by atoms with Gasteiger partial charge in [0, 0.05) is 31.7 Å². The maximum Gasteiger partial charge on any atom is 0.245 e. The van der Waals surface area contributed by atoms with Crippen LogP contribution in [0, 0.1) is 5.41 Å². The molecule has 0 bridgehead atoms. The standard InChI is InChI=1S/C12H19N4.C9H13NO2/c1-2-9-16(8-1)10-6-15(7-11-16)12-13-4-3-5-14-12;11-7-5-9(3-1-2-4-9)6-8(12)10-7/h3-5H,1-2,6-11H2;1-6H2,(H,10,11,12)/q+1;/p-1. The lowest BCUT2D eigenvalue weighted by Crippen LogP contribution is -2.58. The molecule has 0 radical (unpaired) electrons.